The van der Waals surface area contributed by atoms with E-state index in [2.05, 4.69) is 16.9 Å². The first-order valence-electron chi connectivity index (χ1n) is 2.87. The molecule has 0 aliphatic rings. The average Bonchev–Trinajstić information content (AvgIpc) is 1.87. The SMILES string of the molecule is C[I-]CN(C)[C@@H](C)C=N. The van der Waals surface area contributed by atoms with E-state index in [0.29, 0.717) is 27.2 Å². The quantitative estimate of drug-likeness (QED) is 0.253. The Morgan fingerprint density at radius 2 is 2.33 bits per heavy atom. The first-order valence-corrected chi connectivity index (χ1v) is 6.55. The van der Waals surface area contributed by atoms with E-state index in [9.17, 15) is 0 Å². The van der Waals surface area contributed by atoms with Gasteiger partial charge in [0.25, 0.3) is 0 Å². The molecule has 0 saturated carbocycles. The van der Waals surface area contributed by atoms with Gasteiger partial charge in [0.2, 0.25) is 0 Å². The number of nitrogens with zero attached hydrogens (tertiary/aromatic N) is 1. The third-order valence-electron chi connectivity index (χ3n) is 1.24. The zero-order valence-corrected chi connectivity index (χ0v) is 8.34. The summed E-state index contributed by atoms with van der Waals surface area (Å²) >= 11 is 0.350. The number of rotatable bonds is 4. The molecule has 1 N–H and O–H groups in total. The summed E-state index contributed by atoms with van der Waals surface area (Å²) in [5.41, 5.74) is 0. The van der Waals surface area contributed by atoms with E-state index in [-0.39, 0.29) is 0 Å². The standard InChI is InChI=1S/C6H14IN2/c1-6(4-8)9(3)5-7-2/h4,6,8H,5H2,1-3H3/q-1/t6-/m0/s1. The maximum atomic E-state index is 6.96. The average molecular weight is 241 g/mol. The fourth-order valence-corrected chi connectivity index (χ4v) is 2.12. The van der Waals surface area contributed by atoms with Crippen LogP contribution in [0.1, 0.15) is 6.92 Å². The van der Waals surface area contributed by atoms with Gasteiger partial charge in [0.1, 0.15) is 0 Å². The van der Waals surface area contributed by atoms with Gasteiger partial charge >= 0.3 is 67.2 Å². The Hall–Kier alpha value is 0.360. The minimum atomic E-state index is 0.324. The normalized spacial score (nSPS) is 14.2. The minimum absolute atomic E-state index is 0.324. The van der Waals surface area contributed by atoms with E-state index in [0.717, 1.165) is 0 Å². The first-order chi connectivity index (χ1) is 4.22. The molecule has 0 rings (SSSR count). The number of halogens is 1. The van der Waals surface area contributed by atoms with Crippen LogP contribution in [0, 0.1) is 5.41 Å². The third kappa shape index (κ3) is 3.86. The summed E-state index contributed by atoms with van der Waals surface area (Å²) in [6.45, 7) is 2.05. The monoisotopic (exact) mass is 241 g/mol. The summed E-state index contributed by atoms with van der Waals surface area (Å²) in [7, 11) is 2.07. The zero-order chi connectivity index (χ0) is 7.28. The Morgan fingerprint density at radius 1 is 1.78 bits per heavy atom. The van der Waals surface area contributed by atoms with Crippen LogP contribution in [0.5, 0.6) is 0 Å². The molecule has 0 aromatic heterocycles. The Bertz CT molecular complexity index is 85.1. The molecule has 0 aliphatic heterocycles. The maximum absolute atomic E-state index is 6.96. The predicted octanol–water partition coefficient (Wildman–Crippen LogP) is -2.37. The van der Waals surface area contributed by atoms with Crippen LogP contribution in [0.15, 0.2) is 0 Å². The molecule has 0 bridgehead atoms. The molecule has 56 valence electrons. The summed E-state index contributed by atoms with van der Waals surface area (Å²) in [6.07, 6.45) is 1.49. The molecule has 0 aromatic rings. The van der Waals surface area contributed by atoms with Crippen molar-refractivity contribution in [3.8, 4) is 0 Å². The molecule has 0 heterocycles. The summed E-state index contributed by atoms with van der Waals surface area (Å²) in [5.74, 6) is 0. The number of alkyl halides is 2. The second-order valence-electron chi connectivity index (χ2n) is 2.05. The van der Waals surface area contributed by atoms with Crippen molar-refractivity contribution in [2.45, 2.75) is 13.0 Å². The van der Waals surface area contributed by atoms with Crippen molar-refractivity contribution in [2.24, 2.45) is 0 Å². The molecular formula is C6H14IN2-. The zero-order valence-electron chi connectivity index (χ0n) is 6.19. The van der Waals surface area contributed by atoms with Gasteiger partial charge in [0, 0.05) is 0 Å². The molecule has 0 unspecified atom stereocenters. The second-order valence-corrected chi connectivity index (χ2v) is 4.26. The molecule has 0 aliphatic carbocycles. The molecule has 2 nitrogen and oxygen atoms in total. The van der Waals surface area contributed by atoms with Gasteiger partial charge in [-0.2, -0.15) is 0 Å². The van der Waals surface area contributed by atoms with E-state index >= 15 is 0 Å². The van der Waals surface area contributed by atoms with Crippen LogP contribution >= 0.6 is 0 Å². The van der Waals surface area contributed by atoms with Crippen LogP contribution in [0.3, 0.4) is 0 Å². The molecule has 0 radical (unpaired) electrons. The molecule has 9 heavy (non-hydrogen) atoms. The fraction of sp³-hybridized carbons (Fsp3) is 0.833. The van der Waals surface area contributed by atoms with Crippen LogP contribution in [-0.4, -0.2) is 33.7 Å². The van der Waals surface area contributed by atoms with Crippen LogP contribution in [0.25, 0.3) is 0 Å². The van der Waals surface area contributed by atoms with Crippen molar-refractivity contribution in [1.82, 2.24) is 4.90 Å². The van der Waals surface area contributed by atoms with Crippen molar-refractivity contribution in [3.05, 3.63) is 0 Å². The van der Waals surface area contributed by atoms with Gasteiger partial charge in [-0.05, 0) is 0 Å². The van der Waals surface area contributed by atoms with Crippen LogP contribution in [0.4, 0.5) is 0 Å². The summed E-state index contributed by atoms with van der Waals surface area (Å²) in [5, 5.41) is 6.96. The van der Waals surface area contributed by atoms with Crippen molar-refractivity contribution < 1.29 is 21.2 Å². The molecule has 0 spiro atoms. The van der Waals surface area contributed by atoms with Gasteiger partial charge in [-0.25, -0.2) is 0 Å². The molecular weight excluding hydrogens is 227 g/mol. The molecule has 3 heteroatoms. The Kier molecular flexibility index (Phi) is 5.38. The van der Waals surface area contributed by atoms with Crippen LogP contribution < -0.4 is 21.2 Å². The van der Waals surface area contributed by atoms with E-state index in [1.54, 1.807) is 0 Å². The van der Waals surface area contributed by atoms with Crippen molar-refractivity contribution in [3.63, 3.8) is 0 Å². The van der Waals surface area contributed by atoms with Gasteiger partial charge in [0.05, 0.1) is 0 Å². The van der Waals surface area contributed by atoms with E-state index in [4.69, 9.17) is 5.41 Å². The Morgan fingerprint density at radius 3 is 2.67 bits per heavy atom. The van der Waals surface area contributed by atoms with Gasteiger partial charge in [0.15, 0.2) is 0 Å². The van der Waals surface area contributed by atoms with Gasteiger partial charge in [-0.15, -0.1) is 0 Å². The Balaban J connectivity index is 3.44. The molecule has 0 aromatic carbocycles. The van der Waals surface area contributed by atoms with Crippen LogP contribution in [-0.2, 0) is 0 Å². The molecule has 1 atom stereocenters. The van der Waals surface area contributed by atoms with Gasteiger partial charge in [-0.1, -0.05) is 0 Å². The van der Waals surface area contributed by atoms with Gasteiger partial charge < -0.3 is 0 Å². The number of hydrogen-bond acceptors (Lipinski definition) is 2. The summed E-state index contributed by atoms with van der Waals surface area (Å²) < 4.78 is 1.19. The number of hydrogen-bond donors (Lipinski definition) is 1. The predicted molar refractivity (Wildman–Crippen MR) is 36.8 cm³/mol. The fourth-order valence-electron chi connectivity index (χ4n) is 0.425. The Labute approximate surface area is 67.4 Å². The van der Waals surface area contributed by atoms with Crippen molar-refractivity contribution in [2.75, 3.05) is 16.5 Å². The van der Waals surface area contributed by atoms with Crippen molar-refractivity contribution in [1.29, 1.82) is 5.41 Å². The van der Waals surface area contributed by atoms with Crippen LogP contribution in [0.2, 0.25) is 0 Å². The first kappa shape index (κ1) is 9.36. The number of nitrogens with one attached hydrogen (secondary N) is 1. The topological polar surface area (TPSA) is 27.1 Å². The molecule has 0 saturated heterocycles. The van der Waals surface area contributed by atoms with Gasteiger partial charge in [-0.3, -0.25) is 0 Å². The molecule has 0 fully saturated rings. The third-order valence-corrected chi connectivity index (χ3v) is 3.00. The van der Waals surface area contributed by atoms with E-state index in [1.807, 2.05) is 6.92 Å². The van der Waals surface area contributed by atoms with E-state index in [1.165, 1.54) is 10.8 Å². The second kappa shape index (κ2) is 5.17. The van der Waals surface area contributed by atoms with Crippen molar-refractivity contribution >= 4 is 6.21 Å². The summed E-state index contributed by atoms with van der Waals surface area (Å²) in [6, 6.07) is 0.324. The molecule has 0 amide bonds. The summed E-state index contributed by atoms with van der Waals surface area (Å²) in [4.78, 5) is 4.46. The van der Waals surface area contributed by atoms with E-state index < -0.39 is 0 Å².